The molecule has 0 unspecified atom stereocenters. The lowest BCUT2D eigenvalue weighted by atomic mass is 9.70. The van der Waals surface area contributed by atoms with Crippen LogP contribution in [0, 0.1) is 23.7 Å². The summed E-state index contributed by atoms with van der Waals surface area (Å²) in [6, 6.07) is 8.38. The third-order valence-electron chi connectivity index (χ3n) is 9.03. The van der Waals surface area contributed by atoms with Crippen molar-refractivity contribution in [1.29, 1.82) is 0 Å². The van der Waals surface area contributed by atoms with E-state index in [2.05, 4.69) is 31.0 Å². The Bertz CT molecular complexity index is 755. The predicted octanol–water partition coefficient (Wildman–Crippen LogP) is 6.39. The van der Waals surface area contributed by atoms with Gasteiger partial charge in [0.15, 0.2) is 0 Å². The first-order valence-corrected chi connectivity index (χ1v) is 12.1. The van der Waals surface area contributed by atoms with Crippen molar-refractivity contribution in [3.8, 4) is 0 Å². The van der Waals surface area contributed by atoms with Gasteiger partial charge in [-0.15, -0.1) is 0 Å². The number of hydrogen-bond donors (Lipinski definition) is 1. The van der Waals surface area contributed by atoms with E-state index < -0.39 is 0 Å². The second-order valence-electron chi connectivity index (χ2n) is 10.7. The number of carbonyl (C=O) groups excluding carboxylic acids is 1. The number of anilines is 1. The Hall–Kier alpha value is -1.55. The second kappa shape index (κ2) is 8.53. The zero-order valence-corrected chi connectivity index (χ0v) is 19.4. The molecule has 0 saturated heterocycles. The van der Waals surface area contributed by atoms with Crippen LogP contribution in [0.5, 0.6) is 0 Å². The summed E-state index contributed by atoms with van der Waals surface area (Å²) >= 11 is 0. The topological polar surface area (TPSA) is 41.6 Å². The van der Waals surface area contributed by atoms with Crippen LogP contribution in [0.3, 0.4) is 0 Å². The van der Waals surface area contributed by atoms with Gasteiger partial charge < -0.3 is 15.0 Å². The summed E-state index contributed by atoms with van der Waals surface area (Å²) in [5.74, 6) is 0.784. The van der Waals surface area contributed by atoms with E-state index in [-0.39, 0.29) is 11.4 Å². The van der Waals surface area contributed by atoms with Crippen LogP contribution in [0.4, 0.5) is 10.5 Å². The number of urea groups is 1. The van der Waals surface area contributed by atoms with Crippen molar-refractivity contribution < 1.29 is 9.53 Å². The molecule has 166 valence electrons. The molecule has 4 nitrogen and oxygen atoms in total. The molecular formula is C26H40N2O2. The number of amides is 2. The Kier molecular flexibility index (Phi) is 6.16. The van der Waals surface area contributed by atoms with E-state index in [4.69, 9.17) is 4.74 Å². The van der Waals surface area contributed by atoms with Crippen molar-refractivity contribution in [2.24, 2.45) is 16.7 Å². The lowest BCUT2D eigenvalue weighted by Gasteiger charge is -2.39. The number of nitrogens with zero attached hydrogens (tertiary/aromatic N) is 1. The summed E-state index contributed by atoms with van der Waals surface area (Å²) in [5.41, 5.74) is 2.65. The van der Waals surface area contributed by atoms with E-state index in [0.29, 0.717) is 30.7 Å². The summed E-state index contributed by atoms with van der Waals surface area (Å²) in [6.07, 6.45) is 10.1. The minimum Gasteiger partial charge on any atom is -0.376 e. The molecular weight excluding hydrogens is 372 g/mol. The molecule has 2 bridgehead atoms. The van der Waals surface area contributed by atoms with Gasteiger partial charge in [0.25, 0.3) is 0 Å². The van der Waals surface area contributed by atoms with Gasteiger partial charge in [-0.25, -0.2) is 4.79 Å². The number of fused-ring (bicyclic) bond motifs is 2. The molecule has 2 amide bonds. The van der Waals surface area contributed by atoms with Crippen molar-refractivity contribution in [3.05, 3.63) is 29.8 Å². The first-order valence-electron chi connectivity index (χ1n) is 12.1. The van der Waals surface area contributed by atoms with Crippen LogP contribution in [0.25, 0.3) is 0 Å². The maximum absolute atomic E-state index is 13.2. The Morgan fingerprint density at radius 1 is 1.13 bits per heavy atom. The number of benzene rings is 1. The summed E-state index contributed by atoms with van der Waals surface area (Å²) in [4.78, 5) is 15.3. The molecule has 3 atom stereocenters. The minimum absolute atomic E-state index is 0.0271. The number of ether oxygens (including phenoxy) is 1. The third kappa shape index (κ3) is 3.88. The zero-order valence-electron chi connectivity index (χ0n) is 19.4. The molecule has 3 aliphatic rings. The summed E-state index contributed by atoms with van der Waals surface area (Å²) in [6.45, 7) is 10.6. The number of carbonyl (C=O) groups is 1. The largest absolute Gasteiger partial charge is 0.376 e. The molecule has 4 heteroatoms. The molecule has 1 N–H and O–H groups in total. The van der Waals surface area contributed by atoms with Gasteiger partial charge >= 0.3 is 6.03 Å². The standard InChI is InChI=1S/C26H40N2O2/c1-19-10-8-9-13-22(19)27-24(29)28(21-11-6-5-7-12-21)16-17-30-23-18-20-14-15-26(23,4)25(20,2)3/h8-10,13,20-21,23H,5-7,11-12,14-18H2,1-4H3,(H,27,29)/t20-,23-,26-/m0/s1. The highest BCUT2D eigenvalue weighted by Crippen LogP contribution is 2.66. The van der Waals surface area contributed by atoms with E-state index in [1.54, 1.807) is 0 Å². The van der Waals surface area contributed by atoms with Crippen LogP contribution >= 0.6 is 0 Å². The monoisotopic (exact) mass is 412 g/mol. The fourth-order valence-electron chi connectivity index (χ4n) is 6.42. The molecule has 3 aliphatic carbocycles. The fourth-order valence-corrected chi connectivity index (χ4v) is 6.42. The Morgan fingerprint density at radius 2 is 1.87 bits per heavy atom. The molecule has 30 heavy (non-hydrogen) atoms. The SMILES string of the molecule is Cc1ccccc1NC(=O)N(CCO[C@H]1C[C@@H]2CC[C@]1(C)C2(C)C)C1CCCCC1. The molecule has 3 saturated carbocycles. The van der Waals surface area contributed by atoms with Gasteiger partial charge in [0.2, 0.25) is 0 Å². The van der Waals surface area contributed by atoms with Crippen LogP contribution in [0.1, 0.15) is 77.7 Å². The molecule has 0 aliphatic heterocycles. The van der Waals surface area contributed by atoms with E-state index in [9.17, 15) is 4.79 Å². The quantitative estimate of drug-likeness (QED) is 0.588. The molecule has 0 aromatic heterocycles. The molecule has 1 aromatic carbocycles. The fraction of sp³-hybridized carbons (Fsp3) is 0.731. The summed E-state index contributed by atoms with van der Waals surface area (Å²) in [7, 11) is 0. The normalized spacial score (nSPS) is 30.4. The molecule has 0 spiro atoms. The molecule has 0 radical (unpaired) electrons. The van der Waals surface area contributed by atoms with Crippen LogP contribution in [-0.2, 0) is 4.74 Å². The van der Waals surface area contributed by atoms with Crippen molar-refractivity contribution in [3.63, 3.8) is 0 Å². The van der Waals surface area contributed by atoms with Crippen LogP contribution in [-0.4, -0.2) is 36.2 Å². The Morgan fingerprint density at radius 3 is 2.50 bits per heavy atom. The highest BCUT2D eigenvalue weighted by molar-refractivity contribution is 5.90. The van der Waals surface area contributed by atoms with E-state index in [1.807, 2.05) is 31.2 Å². The molecule has 3 fully saturated rings. The van der Waals surface area contributed by atoms with Gasteiger partial charge in [0.05, 0.1) is 12.7 Å². The number of nitrogens with one attached hydrogen (secondary N) is 1. The predicted molar refractivity (Wildman–Crippen MR) is 123 cm³/mol. The van der Waals surface area contributed by atoms with E-state index in [0.717, 1.165) is 30.0 Å². The van der Waals surface area contributed by atoms with Gasteiger partial charge in [0, 0.05) is 18.3 Å². The van der Waals surface area contributed by atoms with Crippen molar-refractivity contribution in [2.75, 3.05) is 18.5 Å². The van der Waals surface area contributed by atoms with Gasteiger partial charge in [0.1, 0.15) is 0 Å². The lowest BCUT2D eigenvalue weighted by Crippen LogP contribution is -2.46. The van der Waals surface area contributed by atoms with E-state index in [1.165, 1.54) is 38.5 Å². The second-order valence-corrected chi connectivity index (χ2v) is 10.7. The van der Waals surface area contributed by atoms with Gasteiger partial charge in [-0.05, 0) is 67.4 Å². The van der Waals surface area contributed by atoms with Gasteiger partial charge in [-0.2, -0.15) is 0 Å². The minimum atomic E-state index is 0.0271. The average Bonchev–Trinajstić information content (AvgIpc) is 3.07. The van der Waals surface area contributed by atoms with Crippen LogP contribution in [0.2, 0.25) is 0 Å². The first kappa shape index (κ1) is 21.7. The van der Waals surface area contributed by atoms with Gasteiger partial charge in [-0.3, -0.25) is 0 Å². The van der Waals surface area contributed by atoms with E-state index >= 15 is 0 Å². The zero-order chi connectivity index (χ0) is 21.4. The number of rotatable bonds is 6. The molecule has 1 aromatic rings. The third-order valence-corrected chi connectivity index (χ3v) is 9.03. The number of para-hydroxylation sites is 1. The van der Waals surface area contributed by atoms with Crippen LogP contribution in [0.15, 0.2) is 24.3 Å². The maximum atomic E-state index is 13.2. The lowest BCUT2D eigenvalue weighted by molar-refractivity contribution is -0.0517. The van der Waals surface area contributed by atoms with Crippen molar-refractivity contribution in [1.82, 2.24) is 4.90 Å². The van der Waals surface area contributed by atoms with Crippen LogP contribution < -0.4 is 5.32 Å². The number of hydrogen-bond acceptors (Lipinski definition) is 2. The maximum Gasteiger partial charge on any atom is 0.322 e. The van der Waals surface area contributed by atoms with Gasteiger partial charge in [-0.1, -0.05) is 58.2 Å². The average molecular weight is 413 g/mol. The molecule has 0 heterocycles. The molecule has 4 rings (SSSR count). The van der Waals surface area contributed by atoms with Crippen molar-refractivity contribution >= 4 is 11.7 Å². The van der Waals surface area contributed by atoms with Crippen molar-refractivity contribution in [2.45, 2.75) is 91.2 Å². The first-order chi connectivity index (χ1) is 14.3. The Labute approximate surface area is 182 Å². The Balaban J connectivity index is 1.39. The summed E-state index contributed by atoms with van der Waals surface area (Å²) < 4.78 is 6.50. The summed E-state index contributed by atoms with van der Waals surface area (Å²) in [5, 5.41) is 3.17. The number of aryl methyl sites for hydroxylation is 1. The highest BCUT2D eigenvalue weighted by Gasteiger charge is 2.61. The smallest absolute Gasteiger partial charge is 0.322 e. The highest BCUT2D eigenvalue weighted by atomic mass is 16.5.